The van der Waals surface area contributed by atoms with Crippen LogP contribution < -0.4 is 10.1 Å². The van der Waals surface area contributed by atoms with E-state index in [1.54, 1.807) is 7.11 Å². The summed E-state index contributed by atoms with van der Waals surface area (Å²) in [6.07, 6.45) is 0. The van der Waals surface area contributed by atoms with E-state index < -0.39 is 0 Å². The van der Waals surface area contributed by atoms with Gasteiger partial charge in [-0.25, -0.2) is 0 Å². The molecule has 112 valence electrons. The maximum absolute atomic E-state index is 5.39. The van der Waals surface area contributed by atoms with Crippen LogP contribution in [0.1, 0.15) is 31.9 Å². The molecule has 1 N–H and O–H groups in total. The normalized spacial score (nSPS) is 23.5. The summed E-state index contributed by atoms with van der Waals surface area (Å²) in [7, 11) is 1.74. The summed E-state index contributed by atoms with van der Waals surface area (Å²) >= 11 is 0. The van der Waals surface area contributed by atoms with Gasteiger partial charge in [0.05, 0.1) is 7.11 Å². The number of hydrogen-bond acceptors (Lipinski definition) is 3. The Kier molecular flexibility index (Phi) is 5.06. The first-order valence-electron chi connectivity index (χ1n) is 7.62. The molecular weight excluding hydrogens is 248 g/mol. The molecule has 2 unspecified atom stereocenters. The van der Waals surface area contributed by atoms with Crippen molar-refractivity contribution in [2.75, 3.05) is 20.2 Å². The van der Waals surface area contributed by atoms with Crippen LogP contribution in [0.25, 0.3) is 0 Å². The van der Waals surface area contributed by atoms with E-state index in [0.29, 0.717) is 18.0 Å². The Hall–Kier alpha value is -1.06. The van der Waals surface area contributed by atoms with Crippen molar-refractivity contribution in [1.82, 2.24) is 10.2 Å². The molecule has 0 aromatic heterocycles. The average Bonchev–Trinajstić information content (AvgIpc) is 2.79. The molecule has 2 atom stereocenters. The third kappa shape index (κ3) is 3.53. The second-order valence-electron chi connectivity index (χ2n) is 6.32. The van der Waals surface area contributed by atoms with Crippen molar-refractivity contribution in [3.63, 3.8) is 0 Å². The summed E-state index contributed by atoms with van der Waals surface area (Å²) in [6.45, 7) is 12.2. The molecule has 1 aliphatic heterocycles. The van der Waals surface area contributed by atoms with Crippen LogP contribution in [-0.4, -0.2) is 37.2 Å². The minimum Gasteiger partial charge on any atom is -0.496 e. The van der Waals surface area contributed by atoms with Crippen LogP contribution in [0.2, 0.25) is 0 Å². The summed E-state index contributed by atoms with van der Waals surface area (Å²) in [6, 6.07) is 7.69. The van der Waals surface area contributed by atoms with Gasteiger partial charge in [-0.05, 0) is 43.9 Å². The highest BCUT2D eigenvalue weighted by Gasteiger charge is 2.30. The molecule has 1 aliphatic rings. The minimum absolute atomic E-state index is 0.588. The Labute approximate surface area is 123 Å². The van der Waals surface area contributed by atoms with E-state index in [2.05, 4.69) is 56.1 Å². The Morgan fingerprint density at radius 2 is 2.10 bits per heavy atom. The maximum Gasteiger partial charge on any atom is 0.122 e. The molecule has 0 amide bonds. The fourth-order valence-electron chi connectivity index (χ4n) is 2.91. The summed E-state index contributed by atoms with van der Waals surface area (Å²) in [4.78, 5) is 2.55. The Morgan fingerprint density at radius 1 is 1.35 bits per heavy atom. The lowest BCUT2D eigenvalue weighted by atomic mass is 10.1. The second-order valence-corrected chi connectivity index (χ2v) is 6.32. The fourth-order valence-corrected chi connectivity index (χ4v) is 2.91. The van der Waals surface area contributed by atoms with Gasteiger partial charge in [0, 0.05) is 31.7 Å². The van der Waals surface area contributed by atoms with E-state index in [1.165, 1.54) is 17.7 Å². The first-order valence-corrected chi connectivity index (χ1v) is 7.62. The molecule has 3 heteroatoms. The van der Waals surface area contributed by atoms with Gasteiger partial charge in [-0.15, -0.1) is 0 Å². The first-order chi connectivity index (χ1) is 9.51. The monoisotopic (exact) mass is 276 g/mol. The van der Waals surface area contributed by atoms with Gasteiger partial charge >= 0.3 is 0 Å². The quantitative estimate of drug-likeness (QED) is 0.895. The van der Waals surface area contributed by atoms with Crippen molar-refractivity contribution in [2.45, 2.75) is 46.3 Å². The van der Waals surface area contributed by atoms with Crippen LogP contribution in [-0.2, 0) is 6.54 Å². The van der Waals surface area contributed by atoms with Gasteiger partial charge in [-0.1, -0.05) is 19.1 Å². The van der Waals surface area contributed by atoms with Crippen molar-refractivity contribution < 1.29 is 4.74 Å². The Morgan fingerprint density at radius 3 is 2.70 bits per heavy atom. The molecule has 1 aromatic carbocycles. The highest BCUT2D eigenvalue weighted by atomic mass is 16.5. The Bertz CT molecular complexity index is 445. The zero-order valence-electron chi connectivity index (χ0n) is 13.4. The molecule has 0 spiro atoms. The van der Waals surface area contributed by atoms with Crippen LogP contribution in [0.5, 0.6) is 5.75 Å². The molecule has 2 rings (SSSR count). The Balaban J connectivity index is 1.92. The van der Waals surface area contributed by atoms with E-state index >= 15 is 0 Å². The number of benzene rings is 1. The van der Waals surface area contributed by atoms with Crippen molar-refractivity contribution >= 4 is 0 Å². The van der Waals surface area contributed by atoms with Crippen LogP contribution in [0.4, 0.5) is 0 Å². The zero-order valence-corrected chi connectivity index (χ0v) is 13.4. The van der Waals surface area contributed by atoms with Crippen molar-refractivity contribution in [3.05, 3.63) is 29.3 Å². The molecule has 1 heterocycles. The smallest absolute Gasteiger partial charge is 0.122 e. The van der Waals surface area contributed by atoms with Gasteiger partial charge in [-0.3, -0.25) is 4.90 Å². The minimum atomic E-state index is 0.588. The van der Waals surface area contributed by atoms with E-state index in [0.717, 1.165) is 18.8 Å². The van der Waals surface area contributed by atoms with Gasteiger partial charge in [-0.2, -0.15) is 0 Å². The van der Waals surface area contributed by atoms with Crippen molar-refractivity contribution in [2.24, 2.45) is 5.92 Å². The number of nitrogens with zero attached hydrogens (tertiary/aromatic N) is 1. The highest BCUT2D eigenvalue weighted by molar-refractivity contribution is 5.36. The largest absolute Gasteiger partial charge is 0.496 e. The lowest BCUT2D eigenvalue weighted by Gasteiger charge is -2.20. The van der Waals surface area contributed by atoms with Gasteiger partial charge in [0.25, 0.3) is 0 Å². The number of methoxy groups -OCH3 is 1. The fraction of sp³-hybridized carbons (Fsp3) is 0.647. The van der Waals surface area contributed by atoms with Crippen molar-refractivity contribution in [1.29, 1.82) is 0 Å². The summed E-state index contributed by atoms with van der Waals surface area (Å²) in [5, 5.41) is 3.71. The molecule has 0 bridgehead atoms. The van der Waals surface area contributed by atoms with Crippen molar-refractivity contribution in [3.8, 4) is 5.75 Å². The topological polar surface area (TPSA) is 24.5 Å². The zero-order chi connectivity index (χ0) is 14.7. The molecule has 3 nitrogen and oxygen atoms in total. The van der Waals surface area contributed by atoms with Gasteiger partial charge in [0.1, 0.15) is 5.75 Å². The standard InChI is InChI=1S/C17H28N2O/c1-12(2)19-10-14(4)16(11-19)18-9-15-7-6-13(3)17(8-15)20-5/h6-8,12,14,16,18H,9-11H2,1-5H3. The molecular formula is C17H28N2O. The maximum atomic E-state index is 5.39. The summed E-state index contributed by atoms with van der Waals surface area (Å²) in [5.74, 6) is 1.69. The van der Waals surface area contributed by atoms with E-state index in [1.807, 2.05) is 0 Å². The average molecular weight is 276 g/mol. The SMILES string of the molecule is COc1cc(CNC2CN(C(C)C)CC2C)ccc1C. The number of rotatable bonds is 5. The molecule has 0 radical (unpaired) electrons. The number of aryl methyl sites for hydroxylation is 1. The second kappa shape index (κ2) is 6.59. The molecule has 0 saturated carbocycles. The predicted molar refractivity (Wildman–Crippen MR) is 84.2 cm³/mol. The van der Waals surface area contributed by atoms with E-state index in [4.69, 9.17) is 4.74 Å². The molecule has 20 heavy (non-hydrogen) atoms. The third-order valence-corrected chi connectivity index (χ3v) is 4.41. The van der Waals surface area contributed by atoms with Crippen LogP contribution in [0.15, 0.2) is 18.2 Å². The number of likely N-dealkylation sites (tertiary alicyclic amines) is 1. The summed E-state index contributed by atoms with van der Waals surface area (Å²) in [5.41, 5.74) is 2.49. The highest BCUT2D eigenvalue weighted by Crippen LogP contribution is 2.21. The first kappa shape index (κ1) is 15.3. The number of ether oxygens (including phenoxy) is 1. The molecule has 0 aliphatic carbocycles. The molecule has 1 aromatic rings. The number of nitrogens with one attached hydrogen (secondary N) is 1. The summed E-state index contributed by atoms with van der Waals surface area (Å²) < 4.78 is 5.39. The van der Waals surface area contributed by atoms with Gasteiger partial charge in [0.15, 0.2) is 0 Å². The lowest BCUT2D eigenvalue weighted by molar-refractivity contribution is 0.264. The van der Waals surface area contributed by atoms with E-state index in [-0.39, 0.29) is 0 Å². The molecule has 1 saturated heterocycles. The van der Waals surface area contributed by atoms with Gasteiger partial charge in [0.2, 0.25) is 0 Å². The lowest BCUT2D eigenvalue weighted by Crippen LogP contribution is -2.36. The van der Waals surface area contributed by atoms with Crippen LogP contribution >= 0.6 is 0 Å². The number of hydrogen-bond donors (Lipinski definition) is 1. The van der Waals surface area contributed by atoms with Crippen LogP contribution in [0, 0.1) is 12.8 Å². The molecule has 1 fully saturated rings. The van der Waals surface area contributed by atoms with E-state index in [9.17, 15) is 0 Å². The van der Waals surface area contributed by atoms with Crippen LogP contribution in [0.3, 0.4) is 0 Å². The third-order valence-electron chi connectivity index (χ3n) is 4.41. The van der Waals surface area contributed by atoms with Gasteiger partial charge < -0.3 is 10.1 Å². The predicted octanol–water partition coefficient (Wildman–Crippen LogP) is 2.82.